The van der Waals surface area contributed by atoms with Gasteiger partial charge in [-0.25, -0.2) is 0 Å². The Kier molecular flexibility index (Phi) is 5.03. The average molecular weight is 152 g/mol. The van der Waals surface area contributed by atoms with E-state index in [0.29, 0.717) is 0 Å². The number of benzene rings is 1. The second-order valence-corrected chi connectivity index (χ2v) is 2.03. The second-order valence-electron chi connectivity index (χ2n) is 2.03. The van der Waals surface area contributed by atoms with Crippen molar-refractivity contribution in [3.8, 4) is 0 Å². The Morgan fingerprint density at radius 1 is 1.18 bits per heavy atom. The fraction of sp³-hybridized carbons (Fsp3) is 0.222. The summed E-state index contributed by atoms with van der Waals surface area (Å²) in [5, 5.41) is 7.00. The van der Waals surface area contributed by atoms with E-state index < -0.39 is 0 Å². The molecule has 0 bridgehead atoms. The van der Waals surface area contributed by atoms with Gasteiger partial charge < -0.3 is 5.11 Å². The molecule has 0 saturated carbocycles. The number of carbonyl (C=O) groups is 1. The lowest BCUT2D eigenvalue weighted by Gasteiger charge is -1.89. The highest BCUT2D eigenvalue weighted by molar-refractivity contribution is 5.74. The fourth-order valence-corrected chi connectivity index (χ4v) is 0.645. The molecule has 0 fully saturated rings. The Bertz CT molecular complexity index is 201. The van der Waals surface area contributed by atoms with Crippen molar-refractivity contribution >= 4 is 6.29 Å². The number of rotatable bonds is 1. The Morgan fingerprint density at radius 2 is 1.64 bits per heavy atom. The van der Waals surface area contributed by atoms with Gasteiger partial charge in [0.15, 0.2) is 0 Å². The molecule has 0 unspecified atom stereocenters. The summed E-state index contributed by atoms with van der Waals surface area (Å²) in [6.45, 7) is 1.99. The minimum Gasteiger partial charge on any atom is -0.400 e. The van der Waals surface area contributed by atoms with Crippen molar-refractivity contribution < 1.29 is 9.90 Å². The predicted molar refractivity (Wildman–Crippen MR) is 44.7 cm³/mol. The first-order chi connectivity index (χ1) is 5.33. The lowest BCUT2D eigenvalue weighted by molar-refractivity contribution is 0.112. The zero-order chi connectivity index (χ0) is 8.69. The van der Waals surface area contributed by atoms with Gasteiger partial charge in [0.05, 0.1) is 0 Å². The number of aliphatic hydroxyl groups excluding tert-OH is 1. The van der Waals surface area contributed by atoms with Gasteiger partial charge >= 0.3 is 0 Å². The summed E-state index contributed by atoms with van der Waals surface area (Å²) < 4.78 is 0. The van der Waals surface area contributed by atoms with Crippen LogP contribution < -0.4 is 0 Å². The largest absolute Gasteiger partial charge is 0.400 e. The molecule has 0 aliphatic carbocycles. The zero-order valence-electron chi connectivity index (χ0n) is 6.74. The van der Waals surface area contributed by atoms with Crippen molar-refractivity contribution in [1.82, 2.24) is 0 Å². The maximum absolute atomic E-state index is 10.1. The molecule has 0 aliphatic rings. The van der Waals surface area contributed by atoms with E-state index >= 15 is 0 Å². The van der Waals surface area contributed by atoms with Gasteiger partial charge in [-0.05, 0) is 6.92 Å². The molecule has 0 aromatic heterocycles. The molecule has 0 aliphatic heterocycles. The van der Waals surface area contributed by atoms with Crippen LogP contribution in [0.3, 0.4) is 0 Å². The molecule has 1 aromatic carbocycles. The van der Waals surface area contributed by atoms with Gasteiger partial charge in [0, 0.05) is 12.7 Å². The summed E-state index contributed by atoms with van der Waals surface area (Å²) >= 11 is 0. The van der Waals surface area contributed by atoms with Crippen LogP contribution in [-0.2, 0) is 0 Å². The lowest BCUT2D eigenvalue weighted by Crippen LogP contribution is -1.77. The van der Waals surface area contributed by atoms with Gasteiger partial charge in [0.25, 0.3) is 0 Å². The van der Waals surface area contributed by atoms with E-state index in [4.69, 9.17) is 5.11 Å². The van der Waals surface area contributed by atoms with Crippen LogP contribution in [0.2, 0.25) is 0 Å². The monoisotopic (exact) mass is 152 g/mol. The molecule has 0 radical (unpaired) electrons. The highest BCUT2D eigenvalue weighted by atomic mass is 16.2. The Balaban J connectivity index is 0.000000461. The molecule has 2 heteroatoms. The molecule has 1 N–H and O–H groups in total. The summed E-state index contributed by atoms with van der Waals surface area (Å²) in [4.78, 5) is 10.1. The maximum atomic E-state index is 10.1. The van der Waals surface area contributed by atoms with Gasteiger partial charge in [-0.3, -0.25) is 4.79 Å². The zero-order valence-corrected chi connectivity index (χ0v) is 6.74. The highest BCUT2D eigenvalue weighted by Gasteiger charge is 1.85. The SMILES string of the molecule is CO.Cc1ccc(C=O)cc1. The molecule has 2 nitrogen and oxygen atoms in total. The minimum absolute atomic E-state index is 0.737. The Morgan fingerprint density at radius 3 is 2.00 bits per heavy atom. The number of carbonyl (C=O) groups excluding carboxylic acids is 1. The van der Waals surface area contributed by atoms with Crippen LogP contribution in [0.25, 0.3) is 0 Å². The van der Waals surface area contributed by atoms with Crippen LogP contribution in [-0.4, -0.2) is 18.5 Å². The molecule has 1 rings (SSSR count). The van der Waals surface area contributed by atoms with Crippen molar-refractivity contribution in [3.63, 3.8) is 0 Å². The van der Waals surface area contributed by atoms with Crippen molar-refractivity contribution in [2.75, 3.05) is 7.11 Å². The van der Waals surface area contributed by atoms with Gasteiger partial charge in [0.2, 0.25) is 0 Å². The molecule has 60 valence electrons. The van der Waals surface area contributed by atoms with Crippen molar-refractivity contribution in [1.29, 1.82) is 0 Å². The van der Waals surface area contributed by atoms with Gasteiger partial charge in [-0.15, -0.1) is 0 Å². The third kappa shape index (κ3) is 3.53. The third-order valence-electron chi connectivity index (χ3n) is 1.21. The standard InChI is InChI=1S/C8H8O.CH4O/c1-7-2-4-8(6-9)5-3-7;1-2/h2-6H,1H3;2H,1H3. The van der Waals surface area contributed by atoms with Gasteiger partial charge in [-0.1, -0.05) is 29.8 Å². The summed E-state index contributed by atoms with van der Waals surface area (Å²) in [5.74, 6) is 0. The Labute approximate surface area is 66.5 Å². The topological polar surface area (TPSA) is 37.3 Å². The fourth-order valence-electron chi connectivity index (χ4n) is 0.645. The van der Waals surface area contributed by atoms with Crippen molar-refractivity contribution in [2.45, 2.75) is 6.92 Å². The summed E-state index contributed by atoms with van der Waals surface area (Å²) in [6, 6.07) is 7.46. The quantitative estimate of drug-likeness (QED) is 0.618. The van der Waals surface area contributed by atoms with Crippen LogP contribution in [0.4, 0.5) is 0 Å². The van der Waals surface area contributed by atoms with E-state index in [0.717, 1.165) is 19.0 Å². The molecule has 11 heavy (non-hydrogen) atoms. The molecular weight excluding hydrogens is 140 g/mol. The van der Waals surface area contributed by atoms with E-state index in [1.54, 1.807) is 0 Å². The normalized spacial score (nSPS) is 7.91. The van der Waals surface area contributed by atoms with Crippen LogP contribution in [0.5, 0.6) is 0 Å². The number of hydrogen-bond acceptors (Lipinski definition) is 2. The number of aliphatic hydroxyl groups is 1. The molecule has 0 atom stereocenters. The van der Waals surface area contributed by atoms with E-state index in [1.807, 2.05) is 31.2 Å². The summed E-state index contributed by atoms with van der Waals surface area (Å²) in [6.07, 6.45) is 0.847. The maximum Gasteiger partial charge on any atom is 0.150 e. The predicted octanol–water partition coefficient (Wildman–Crippen LogP) is 1.42. The van der Waals surface area contributed by atoms with E-state index in [9.17, 15) is 4.79 Å². The molecule has 0 saturated heterocycles. The lowest BCUT2D eigenvalue weighted by atomic mass is 10.2. The van der Waals surface area contributed by atoms with Gasteiger partial charge in [-0.2, -0.15) is 0 Å². The van der Waals surface area contributed by atoms with E-state index in [-0.39, 0.29) is 0 Å². The first kappa shape index (κ1) is 9.85. The number of aryl methyl sites for hydroxylation is 1. The van der Waals surface area contributed by atoms with Crippen LogP contribution >= 0.6 is 0 Å². The average Bonchev–Trinajstić information content (AvgIpc) is 2.10. The smallest absolute Gasteiger partial charge is 0.150 e. The second kappa shape index (κ2) is 5.62. The minimum atomic E-state index is 0.737. The highest BCUT2D eigenvalue weighted by Crippen LogP contribution is 1.98. The third-order valence-corrected chi connectivity index (χ3v) is 1.21. The van der Waals surface area contributed by atoms with Crippen LogP contribution in [0.1, 0.15) is 15.9 Å². The van der Waals surface area contributed by atoms with Crippen LogP contribution in [0.15, 0.2) is 24.3 Å². The molecule has 0 amide bonds. The van der Waals surface area contributed by atoms with Crippen molar-refractivity contribution in [2.24, 2.45) is 0 Å². The molecular formula is C9H12O2. The van der Waals surface area contributed by atoms with Crippen molar-refractivity contribution in [3.05, 3.63) is 35.4 Å². The van der Waals surface area contributed by atoms with E-state index in [1.165, 1.54) is 5.56 Å². The van der Waals surface area contributed by atoms with Gasteiger partial charge in [0.1, 0.15) is 6.29 Å². The van der Waals surface area contributed by atoms with Crippen LogP contribution in [0, 0.1) is 6.92 Å². The van der Waals surface area contributed by atoms with E-state index in [2.05, 4.69) is 0 Å². The number of hydrogen-bond donors (Lipinski definition) is 1. The number of aldehydes is 1. The summed E-state index contributed by atoms with van der Waals surface area (Å²) in [7, 11) is 1.00. The Hall–Kier alpha value is -1.15. The summed E-state index contributed by atoms with van der Waals surface area (Å²) in [5.41, 5.74) is 1.92. The molecule has 1 aromatic rings. The first-order valence-corrected chi connectivity index (χ1v) is 3.29. The molecule has 0 heterocycles. The first-order valence-electron chi connectivity index (χ1n) is 3.29. The molecule has 0 spiro atoms.